The summed E-state index contributed by atoms with van der Waals surface area (Å²) in [7, 11) is 1.27. The Hall–Kier alpha value is -1.44. The fourth-order valence-corrected chi connectivity index (χ4v) is 5.78. The fourth-order valence-electron chi connectivity index (χ4n) is 3.44. The Labute approximate surface area is 189 Å². The molecule has 12 nitrogen and oxygen atoms in total. The highest BCUT2D eigenvalue weighted by molar-refractivity contribution is 8.09. The van der Waals surface area contributed by atoms with Gasteiger partial charge < -0.3 is 28.0 Å². The summed E-state index contributed by atoms with van der Waals surface area (Å²) in [4.78, 5) is 37.5. The van der Waals surface area contributed by atoms with Gasteiger partial charge in [-0.3, -0.25) is 19.1 Å². The van der Waals surface area contributed by atoms with E-state index in [4.69, 9.17) is 35.1 Å². The van der Waals surface area contributed by atoms with Crippen molar-refractivity contribution in [1.82, 2.24) is 14.6 Å². The standard InChI is InChI=1S/C18H28N3O9PS/c1-10(2)30-31(32,19-8-13(23)25-5)26-9-11-14-15(29-18(3,4)28-14)16(27-11)21-7-6-12(22)20-17(21)24/h6-7,10-11,14-16H,8-9H2,1-5H3,(H,19,32)(H,20,22,24)/t11-,14-,15-,16-,31?/m1/s1. The molecule has 0 aromatic carbocycles. The molecule has 32 heavy (non-hydrogen) atoms. The molecule has 3 heterocycles. The molecule has 3 rings (SSSR count). The van der Waals surface area contributed by atoms with Crippen LogP contribution in [0.3, 0.4) is 0 Å². The van der Waals surface area contributed by atoms with Crippen LogP contribution in [0.15, 0.2) is 21.9 Å². The van der Waals surface area contributed by atoms with E-state index in [9.17, 15) is 14.4 Å². The Morgan fingerprint density at radius 1 is 1.34 bits per heavy atom. The van der Waals surface area contributed by atoms with E-state index in [0.29, 0.717) is 0 Å². The maximum atomic E-state index is 12.3. The number of hydrogen-bond acceptors (Lipinski definition) is 10. The van der Waals surface area contributed by atoms with Crippen LogP contribution in [-0.4, -0.2) is 66.0 Å². The average molecular weight is 493 g/mol. The summed E-state index contributed by atoms with van der Waals surface area (Å²) in [6, 6.07) is 1.22. The van der Waals surface area contributed by atoms with Crippen LogP contribution in [0.5, 0.6) is 0 Å². The second-order valence-corrected chi connectivity index (χ2v) is 11.2. The van der Waals surface area contributed by atoms with Gasteiger partial charge in [-0.2, -0.15) is 0 Å². The third-order valence-electron chi connectivity index (χ3n) is 4.65. The maximum Gasteiger partial charge on any atom is 0.330 e. The van der Waals surface area contributed by atoms with Crippen molar-refractivity contribution in [3.05, 3.63) is 33.1 Å². The summed E-state index contributed by atoms with van der Waals surface area (Å²) in [5, 5.41) is 2.82. The van der Waals surface area contributed by atoms with Crippen molar-refractivity contribution in [2.24, 2.45) is 0 Å². The monoisotopic (exact) mass is 493 g/mol. The molecule has 14 heteroatoms. The number of ether oxygens (including phenoxy) is 4. The topological polar surface area (TPSA) is 139 Å². The van der Waals surface area contributed by atoms with Crippen molar-refractivity contribution < 1.29 is 32.8 Å². The lowest BCUT2D eigenvalue weighted by Crippen LogP contribution is -2.37. The highest BCUT2D eigenvalue weighted by Gasteiger charge is 2.56. The lowest BCUT2D eigenvalue weighted by atomic mass is 10.1. The molecule has 180 valence electrons. The number of nitrogens with zero attached hydrogens (tertiary/aromatic N) is 1. The van der Waals surface area contributed by atoms with E-state index >= 15 is 0 Å². The number of esters is 1. The van der Waals surface area contributed by atoms with Crippen LogP contribution in [0.4, 0.5) is 0 Å². The molecule has 2 saturated heterocycles. The smallest absolute Gasteiger partial charge is 0.330 e. The van der Waals surface area contributed by atoms with Crippen molar-refractivity contribution in [3.63, 3.8) is 0 Å². The molecule has 0 spiro atoms. The van der Waals surface area contributed by atoms with Gasteiger partial charge >= 0.3 is 11.7 Å². The zero-order valence-corrected chi connectivity index (χ0v) is 20.1. The second kappa shape index (κ2) is 9.82. The molecule has 5 atom stereocenters. The maximum absolute atomic E-state index is 12.3. The van der Waals surface area contributed by atoms with Crippen LogP contribution in [0, 0.1) is 0 Å². The normalized spacial score (nSPS) is 28.4. The molecule has 0 amide bonds. The first-order chi connectivity index (χ1) is 14.9. The van der Waals surface area contributed by atoms with Gasteiger partial charge in [-0.05, 0) is 39.5 Å². The number of fused-ring (bicyclic) bond motifs is 1. The van der Waals surface area contributed by atoms with Crippen molar-refractivity contribution in [1.29, 1.82) is 0 Å². The first-order valence-corrected chi connectivity index (χ1v) is 12.6. The summed E-state index contributed by atoms with van der Waals surface area (Å²) in [5.41, 5.74) is -1.16. The first kappa shape index (κ1) is 25.2. The number of carbonyl (C=O) groups excluding carboxylic acids is 1. The van der Waals surface area contributed by atoms with Crippen LogP contribution in [0.2, 0.25) is 0 Å². The van der Waals surface area contributed by atoms with Crippen LogP contribution in [-0.2, 0) is 44.6 Å². The Kier molecular flexibility index (Phi) is 7.73. The molecule has 2 aliphatic rings. The lowest BCUT2D eigenvalue weighted by molar-refractivity contribution is -0.199. The predicted octanol–water partition coefficient (Wildman–Crippen LogP) is 0.383. The van der Waals surface area contributed by atoms with Crippen LogP contribution < -0.4 is 16.3 Å². The zero-order valence-electron chi connectivity index (χ0n) is 18.4. The number of rotatable bonds is 9. The Balaban J connectivity index is 1.78. The molecule has 0 radical (unpaired) electrons. The number of carbonyl (C=O) groups is 1. The molecule has 2 aliphatic heterocycles. The van der Waals surface area contributed by atoms with Gasteiger partial charge in [0, 0.05) is 12.3 Å². The number of H-pyrrole nitrogens is 1. The van der Waals surface area contributed by atoms with Crippen molar-refractivity contribution in [3.8, 4) is 0 Å². The van der Waals surface area contributed by atoms with Crippen molar-refractivity contribution in [2.75, 3.05) is 20.3 Å². The molecule has 2 N–H and O–H groups in total. The van der Waals surface area contributed by atoms with E-state index < -0.39 is 54.2 Å². The molecule has 0 bridgehead atoms. The molecule has 0 saturated carbocycles. The molecule has 2 fully saturated rings. The molecule has 0 aliphatic carbocycles. The highest BCUT2D eigenvalue weighted by atomic mass is 32.5. The molecule has 1 unspecified atom stereocenters. The minimum atomic E-state index is -3.08. The van der Waals surface area contributed by atoms with Gasteiger partial charge in [0.15, 0.2) is 12.0 Å². The molecule has 1 aromatic heterocycles. The van der Waals surface area contributed by atoms with Gasteiger partial charge in [-0.1, -0.05) is 0 Å². The van der Waals surface area contributed by atoms with Gasteiger partial charge in [0.2, 0.25) is 0 Å². The Morgan fingerprint density at radius 2 is 2.03 bits per heavy atom. The van der Waals surface area contributed by atoms with Gasteiger partial charge in [0.1, 0.15) is 24.9 Å². The van der Waals surface area contributed by atoms with Gasteiger partial charge in [-0.25, -0.2) is 9.88 Å². The summed E-state index contributed by atoms with van der Waals surface area (Å²) in [6.45, 7) is 3.78. The first-order valence-electron chi connectivity index (χ1n) is 10.0. The summed E-state index contributed by atoms with van der Waals surface area (Å²) in [6.07, 6.45) is -1.65. The van der Waals surface area contributed by atoms with E-state index in [-0.39, 0.29) is 19.3 Å². The number of nitrogens with one attached hydrogen (secondary N) is 2. The Morgan fingerprint density at radius 3 is 2.66 bits per heavy atom. The van der Waals surface area contributed by atoms with Gasteiger partial charge in [-0.15, -0.1) is 0 Å². The SMILES string of the molecule is COC(=O)CNP(=S)(OC[C@H]1O[C@@H](n2ccc(=O)[nH]c2=O)[C@@H]2OC(C)(C)O[C@@H]21)OC(C)C. The van der Waals surface area contributed by atoms with E-state index in [0.717, 1.165) is 0 Å². The predicted molar refractivity (Wildman–Crippen MR) is 116 cm³/mol. The largest absolute Gasteiger partial charge is 0.468 e. The molecular weight excluding hydrogens is 465 g/mol. The number of hydrogen-bond donors (Lipinski definition) is 2. The van der Waals surface area contributed by atoms with E-state index in [1.807, 2.05) is 0 Å². The molecule has 1 aromatic rings. The lowest BCUT2D eigenvalue weighted by Gasteiger charge is -2.28. The van der Waals surface area contributed by atoms with E-state index in [1.165, 1.54) is 23.9 Å². The Bertz CT molecular complexity index is 994. The van der Waals surface area contributed by atoms with Gasteiger partial charge in [0.25, 0.3) is 12.2 Å². The summed E-state index contributed by atoms with van der Waals surface area (Å²) < 4.78 is 35.5. The van der Waals surface area contributed by atoms with Crippen LogP contribution in [0.1, 0.15) is 33.9 Å². The van der Waals surface area contributed by atoms with E-state index in [1.54, 1.807) is 27.7 Å². The van der Waals surface area contributed by atoms with Gasteiger partial charge in [0.05, 0.1) is 19.8 Å². The average Bonchev–Trinajstić information content (AvgIpc) is 3.17. The van der Waals surface area contributed by atoms with Crippen LogP contribution in [0.25, 0.3) is 0 Å². The second-order valence-electron chi connectivity index (χ2n) is 8.01. The minimum absolute atomic E-state index is 0.0482. The van der Waals surface area contributed by atoms with Crippen molar-refractivity contribution in [2.45, 2.75) is 64.1 Å². The highest BCUT2D eigenvalue weighted by Crippen LogP contribution is 2.48. The van der Waals surface area contributed by atoms with E-state index in [2.05, 4.69) is 14.8 Å². The third-order valence-corrected chi connectivity index (χ3v) is 7.35. The third kappa shape index (κ3) is 5.91. The summed E-state index contributed by atoms with van der Waals surface area (Å²) >= 11 is 5.53. The number of aromatic amines is 1. The fraction of sp³-hybridized carbons (Fsp3) is 0.722. The zero-order chi connectivity index (χ0) is 23.7. The number of methoxy groups -OCH3 is 1. The van der Waals surface area contributed by atoms with Crippen LogP contribution >= 0.6 is 6.64 Å². The quantitative estimate of drug-likeness (QED) is 0.365. The summed E-state index contributed by atoms with van der Waals surface area (Å²) in [5.74, 6) is -1.43. The number of aromatic nitrogens is 2. The van der Waals surface area contributed by atoms with Crippen molar-refractivity contribution >= 4 is 24.4 Å². The molecular formula is C18H28N3O9PS. The minimum Gasteiger partial charge on any atom is -0.468 e.